The molecule has 0 bridgehead atoms. The van der Waals surface area contributed by atoms with Crippen molar-refractivity contribution >= 4 is 18.0 Å². The predicted molar refractivity (Wildman–Crippen MR) is 51.6 cm³/mol. The van der Waals surface area contributed by atoms with Crippen LogP contribution in [0.4, 0.5) is 0 Å². The van der Waals surface area contributed by atoms with Crippen LogP contribution in [0.3, 0.4) is 0 Å². The fraction of sp³-hybridized carbons (Fsp3) is 0.889. The molecule has 1 heterocycles. The van der Waals surface area contributed by atoms with Crippen LogP contribution in [0, 0.1) is 0 Å². The largest absolute Gasteiger partial charge is 0.377 e. The van der Waals surface area contributed by atoms with Gasteiger partial charge in [0.1, 0.15) is 6.29 Å². The Morgan fingerprint density at radius 2 is 2.50 bits per heavy atom. The third-order valence-corrected chi connectivity index (χ3v) is 4.05. The fourth-order valence-corrected chi connectivity index (χ4v) is 2.91. The molecule has 1 aliphatic heterocycles. The molecule has 0 aromatic heterocycles. The molecule has 2 atom stereocenters. The highest BCUT2D eigenvalue weighted by atomic mass is 32.2. The standard InChI is InChI=1S/C9H16O2S/c1-3-11-8(2)9(7-10)5-4-6-12-9/h7-8H,3-6H2,1-2H3. The topological polar surface area (TPSA) is 26.3 Å². The SMILES string of the molecule is CCOC(C)C1(C=O)CCCS1. The maximum absolute atomic E-state index is 10.9. The van der Waals surface area contributed by atoms with Gasteiger partial charge in [0.2, 0.25) is 0 Å². The number of aldehydes is 1. The highest BCUT2D eigenvalue weighted by Crippen LogP contribution is 2.40. The van der Waals surface area contributed by atoms with E-state index >= 15 is 0 Å². The summed E-state index contributed by atoms with van der Waals surface area (Å²) >= 11 is 1.74. The van der Waals surface area contributed by atoms with Gasteiger partial charge < -0.3 is 9.53 Å². The summed E-state index contributed by atoms with van der Waals surface area (Å²) < 4.78 is 5.23. The first-order chi connectivity index (χ1) is 5.75. The molecule has 0 amide bonds. The van der Waals surface area contributed by atoms with Crippen LogP contribution in [0.25, 0.3) is 0 Å². The van der Waals surface area contributed by atoms with E-state index in [-0.39, 0.29) is 10.9 Å². The number of carbonyl (C=O) groups is 1. The number of hydrogen-bond acceptors (Lipinski definition) is 3. The zero-order valence-electron chi connectivity index (χ0n) is 7.71. The van der Waals surface area contributed by atoms with Gasteiger partial charge in [0.15, 0.2) is 0 Å². The van der Waals surface area contributed by atoms with Crippen molar-refractivity contribution < 1.29 is 9.53 Å². The van der Waals surface area contributed by atoms with Crippen LogP contribution in [0.15, 0.2) is 0 Å². The molecule has 1 saturated heterocycles. The minimum absolute atomic E-state index is 0.0625. The van der Waals surface area contributed by atoms with Gasteiger partial charge in [0, 0.05) is 6.61 Å². The van der Waals surface area contributed by atoms with E-state index in [0.29, 0.717) is 6.61 Å². The quantitative estimate of drug-likeness (QED) is 0.630. The lowest BCUT2D eigenvalue weighted by molar-refractivity contribution is -0.113. The first-order valence-electron chi connectivity index (χ1n) is 4.47. The molecule has 12 heavy (non-hydrogen) atoms. The number of rotatable bonds is 4. The normalized spacial score (nSPS) is 31.8. The summed E-state index contributed by atoms with van der Waals surface area (Å²) in [5.41, 5.74) is 0. The Labute approximate surface area is 78.1 Å². The molecule has 1 aliphatic rings. The van der Waals surface area contributed by atoms with Gasteiger partial charge in [-0.05, 0) is 32.4 Å². The van der Waals surface area contributed by atoms with Crippen LogP contribution in [0.2, 0.25) is 0 Å². The van der Waals surface area contributed by atoms with Gasteiger partial charge in [0.25, 0.3) is 0 Å². The lowest BCUT2D eigenvalue weighted by Gasteiger charge is -2.28. The average Bonchev–Trinajstić information content (AvgIpc) is 2.54. The Morgan fingerprint density at radius 3 is 2.92 bits per heavy atom. The minimum Gasteiger partial charge on any atom is -0.377 e. The number of carbonyl (C=O) groups excluding carboxylic acids is 1. The highest BCUT2D eigenvalue weighted by Gasteiger charge is 2.40. The average molecular weight is 188 g/mol. The molecule has 70 valence electrons. The van der Waals surface area contributed by atoms with E-state index in [1.54, 1.807) is 11.8 Å². The molecule has 0 radical (unpaired) electrons. The van der Waals surface area contributed by atoms with E-state index in [4.69, 9.17) is 4.74 Å². The summed E-state index contributed by atoms with van der Waals surface area (Å²) in [7, 11) is 0. The molecule has 0 spiro atoms. The molecule has 3 heteroatoms. The van der Waals surface area contributed by atoms with Crippen LogP contribution in [0.5, 0.6) is 0 Å². The molecule has 0 aromatic carbocycles. The third-order valence-electron chi connectivity index (χ3n) is 2.39. The van der Waals surface area contributed by atoms with E-state index < -0.39 is 0 Å². The first kappa shape index (κ1) is 10.1. The van der Waals surface area contributed by atoms with Gasteiger partial charge in [0.05, 0.1) is 10.9 Å². The van der Waals surface area contributed by atoms with Gasteiger partial charge in [-0.1, -0.05) is 0 Å². The van der Waals surface area contributed by atoms with E-state index in [1.807, 2.05) is 13.8 Å². The molecule has 2 nitrogen and oxygen atoms in total. The van der Waals surface area contributed by atoms with E-state index in [1.165, 1.54) is 0 Å². The summed E-state index contributed by atoms with van der Waals surface area (Å²) in [4.78, 5) is 10.9. The van der Waals surface area contributed by atoms with Gasteiger partial charge >= 0.3 is 0 Å². The molecule has 2 unspecified atom stereocenters. The maximum atomic E-state index is 10.9. The fourth-order valence-electron chi connectivity index (χ4n) is 1.58. The van der Waals surface area contributed by atoms with Gasteiger partial charge in [-0.3, -0.25) is 0 Å². The summed E-state index contributed by atoms with van der Waals surface area (Å²) in [5, 5.41) is 0. The van der Waals surface area contributed by atoms with Crippen LogP contribution in [-0.2, 0) is 9.53 Å². The minimum atomic E-state index is -0.240. The summed E-state index contributed by atoms with van der Waals surface area (Å²) in [6, 6.07) is 0. The molecular formula is C9H16O2S. The van der Waals surface area contributed by atoms with E-state index in [2.05, 4.69) is 0 Å². The Bertz CT molecular complexity index is 153. The second-order valence-corrected chi connectivity index (χ2v) is 4.58. The van der Waals surface area contributed by atoms with Crippen LogP contribution >= 0.6 is 11.8 Å². The Morgan fingerprint density at radius 1 is 1.75 bits per heavy atom. The molecule has 0 aliphatic carbocycles. The number of hydrogen-bond donors (Lipinski definition) is 0. The van der Waals surface area contributed by atoms with Crippen molar-refractivity contribution in [2.75, 3.05) is 12.4 Å². The van der Waals surface area contributed by atoms with E-state index in [9.17, 15) is 4.79 Å². The van der Waals surface area contributed by atoms with Gasteiger partial charge in [-0.2, -0.15) is 0 Å². The first-order valence-corrected chi connectivity index (χ1v) is 5.45. The van der Waals surface area contributed by atoms with Crippen LogP contribution < -0.4 is 0 Å². The number of thioether (sulfide) groups is 1. The van der Waals surface area contributed by atoms with E-state index in [0.717, 1.165) is 24.9 Å². The molecule has 1 rings (SSSR count). The monoisotopic (exact) mass is 188 g/mol. The Hall–Kier alpha value is -0.0200. The molecule has 0 N–H and O–H groups in total. The lowest BCUT2D eigenvalue weighted by atomic mass is 9.99. The van der Waals surface area contributed by atoms with Crippen molar-refractivity contribution in [1.29, 1.82) is 0 Å². The molecular weight excluding hydrogens is 172 g/mol. The second-order valence-electron chi connectivity index (χ2n) is 3.12. The molecule has 0 aromatic rings. The van der Waals surface area contributed by atoms with Crippen LogP contribution in [0.1, 0.15) is 26.7 Å². The van der Waals surface area contributed by atoms with Crippen molar-refractivity contribution in [2.45, 2.75) is 37.5 Å². The van der Waals surface area contributed by atoms with Crippen molar-refractivity contribution in [2.24, 2.45) is 0 Å². The summed E-state index contributed by atoms with van der Waals surface area (Å²) in [6.07, 6.45) is 3.25. The van der Waals surface area contributed by atoms with Gasteiger partial charge in [-0.25, -0.2) is 0 Å². The van der Waals surface area contributed by atoms with Crippen molar-refractivity contribution in [3.63, 3.8) is 0 Å². The molecule has 1 fully saturated rings. The molecule has 0 saturated carbocycles. The second kappa shape index (κ2) is 4.28. The van der Waals surface area contributed by atoms with Crippen molar-refractivity contribution in [3.8, 4) is 0 Å². The predicted octanol–water partition coefficient (Wildman–Crippen LogP) is 1.88. The third kappa shape index (κ3) is 1.83. The zero-order chi connectivity index (χ0) is 9.03. The summed E-state index contributed by atoms with van der Waals surface area (Å²) in [6.45, 7) is 4.65. The van der Waals surface area contributed by atoms with Crippen molar-refractivity contribution in [3.05, 3.63) is 0 Å². The Kier molecular flexibility index (Phi) is 3.59. The van der Waals surface area contributed by atoms with Crippen LogP contribution in [-0.4, -0.2) is 29.5 Å². The number of ether oxygens (including phenoxy) is 1. The van der Waals surface area contributed by atoms with Crippen molar-refractivity contribution in [1.82, 2.24) is 0 Å². The smallest absolute Gasteiger partial charge is 0.138 e. The lowest BCUT2D eigenvalue weighted by Crippen LogP contribution is -2.38. The Balaban J connectivity index is 2.58. The highest BCUT2D eigenvalue weighted by molar-refractivity contribution is 8.01. The zero-order valence-corrected chi connectivity index (χ0v) is 8.52. The summed E-state index contributed by atoms with van der Waals surface area (Å²) in [5.74, 6) is 1.09. The van der Waals surface area contributed by atoms with Gasteiger partial charge in [-0.15, -0.1) is 11.8 Å². The maximum Gasteiger partial charge on any atom is 0.138 e.